The van der Waals surface area contributed by atoms with Gasteiger partial charge in [0.25, 0.3) is 0 Å². The second-order valence-electron chi connectivity index (χ2n) is 11.4. The molecule has 0 aliphatic heterocycles. The molecule has 0 fully saturated rings. The van der Waals surface area contributed by atoms with E-state index in [2.05, 4.69) is 96.4 Å². The van der Waals surface area contributed by atoms with E-state index in [0.29, 0.717) is 6.42 Å². The zero-order valence-corrected chi connectivity index (χ0v) is 21.9. The second-order valence-corrected chi connectivity index (χ2v) is 13.1. The van der Waals surface area contributed by atoms with Crippen molar-refractivity contribution in [1.29, 1.82) is 0 Å². The molecule has 1 aromatic heterocycles. The smallest absolute Gasteiger partial charge is 0.325 e. The topological polar surface area (TPSA) is 62.5 Å². The van der Waals surface area contributed by atoms with Crippen LogP contribution < -0.4 is 0 Å². The van der Waals surface area contributed by atoms with Gasteiger partial charge in [-0.25, -0.2) is 0 Å². The van der Waals surface area contributed by atoms with Crippen molar-refractivity contribution in [1.82, 2.24) is 4.57 Å². The number of hydrogen-bond acceptors (Lipinski definition) is 1. The van der Waals surface area contributed by atoms with Crippen LogP contribution in [0.2, 0.25) is 0 Å². The fourth-order valence-corrected chi connectivity index (χ4v) is 5.56. The molecule has 2 aromatic carbocycles. The van der Waals surface area contributed by atoms with E-state index >= 15 is 0 Å². The van der Waals surface area contributed by atoms with Gasteiger partial charge in [-0.2, -0.15) is 0 Å². The van der Waals surface area contributed by atoms with Crippen LogP contribution in [-0.2, 0) is 20.9 Å². The van der Waals surface area contributed by atoms with Gasteiger partial charge in [0, 0.05) is 27.3 Å². The molecule has 3 aromatic rings. The van der Waals surface area contributed by atoms with Crippen LogP contribution in [0.15, 0.2) is 36.4 Å². The zero-order chi connectivity index (χ0) is 24.1. The summed E-state index contributed by atoms with van der Waals surface area (Å²) in [4.78, 5) is 19.3. The lowest BCUT2D eigenvalue weighted by molar-refractivity contribution is 0.260. The summed E-state index contributed by atoms with van der Waals surface area (Å²) < 4.78 is 14.2. The van der Waals surface area contributed by atoms with Gasteiger partial charge in [0.15, 0.2) is 0 Å². The molecule has 1 heterocycles. The summed E-state index contributed by atoms with van der Waals surface area (Å²) in [6.45, 7) is 17.7. The monoisotopic (exact) mass is 457 g/mol. The van der Waals surface area contributed by atoms with Gasteiger partial charge in [0.05, 0.1) is 6.16 Å². The molecule has 0 amide bonds. The normalized spacial score (nSPS) is 13.9. The first-order valence-corrected chi connectivity index (χ1v) is 13.6. The SMILES string of the molecule is CCC(CC)(CCP(=O)(O)O)n1c2ccc(C(C)(C)C)cc2c2cc(C(C)(C)C)ccc21. The number of hydrogen-bond donors (Lipinski definition) is 2. The highest BCUT2D eigenvalue weighted by Gasteiger charge is 2.34. The first kappa shape index (κ1) is 25.0. The molecule has 0 unspecified atom stereocenters. The predicted octanol–water partition coefficient (Wildman–Crippen LogP) is 7.47. The Bertz CT molecular complexity index is 1100. The Morgan fingerprint density at radius 1 is 0.781 bits per heavy atom. The molecule has 2 N–H and O–H groups in total. The largest absolute Gasteiger partial charge is 0.334 e. The maximum Gasteiger partial charge on any atom is 0.325 e. The number of fused-ring (bicyclic) bond motifs is 3. The molecule has 0 bridgehead atoms. The van der Waals surface area contributed by atoms with Gasteiger partial charge < -0.3 is 14.4 Å². The summed E-state index contributed by atoms with van der Waals surface area (Å²) in [6.07, 6.45) is 1.97. The molecule has 0 saturated heterocycles. The van der Waals surface area contributed by atoms with Crippen molar-refractivity contribution in [2.45, 2.75) is 91.0 Å². The van der Waals surface area contributed by atoms with Crippen LogP contribution >= 0.6 is 7.60 Å². The Hall–Kier alpha value is -1.61. The van der Waals surface area contributed by atoms with Crippen LogP contribution in [-0.4, -0.2) is 20.5 Å². The summed E-state index contributed by atoms with van der Waals surface area (Å²) in [5.74, 6) is 0. The average molecular weight is 458 g/mol. The lowest BCUT2D eigenvalue weighted by Gasteiger charge is -2.36. The molecule has 0 spiro atoms. The van der Waals surface area contributed by atoms with Crippen molar-refractivity contribution in [3.63, 3.8) is 0 Å². The molecule has 4 nitrogen and oxygen atoms in total. The number of benzene rings is 2. The summed E-state index contributed by atoms with van der Waals surface area (Å²) >= 11 is 0. The third-order valence-electron chi connectivity index (χ3n) is 7.16. The van der Waals surface area contributed by atoms with Crippen molar-refractivity contribution in [2.24, 2.45) is 0 Å². The molecule has 0 atom stereocenters. The predicted molar refractivity (Wildman–Crippen MR) is 137 cm³/mol. The molecule has 0 aliphatic rings. The van der Waals surface area contributed by atoms with Crippen LogP contribution in [0, 0.1) is 0 Å². The van der Waals surface area contributed by atoms with Gasteiger partial charge in [-0.05, 0) is 65.5 Å². The fourth-order valence-electron chi connectivity index (χ4n) is 4.85. The summed E-state index contributed by atoms with van der Waals surface area (Å²) in [5, 5.41) is 2.45. The van der Waals surface area contributed by atoms with E-state index in [1.54, 1.807) is 0 Å². The maximum absolute atomic E-state index is 11.8. The number of rotatable bonds is 6. The Morgan fingerprint density at radius 2 is 1.19 bits per heavy atom. The van der Waals surface area contributed by atoms with Crippen molar-refractivity contribution < 1.29 is 14.4 Å². The molecule has 0 saturated carbocycles. The molecule has 5 heteroatoms. The molecule has 3 rings (SSSR count). The number of aromatic nitrogens is 1. The van der Waals surface area contributed by atoms with E-state index in [9.17, 15) is 14.4 Å². The van der Waals surface area contributed by atoms with Gasteiger partial charge in [-0.15, -0.1) is 0 Å². The Kier molecular flexibility index (Phi) is 6.50. The van der Waals surface area contributed by atoms with Gasteiger partial charge in [-0.1, -0.05) is 67.5 Å². The van der Waals surface area contributed by atoms with E-state index in [-0.39, 0.29) is 22.5 Å². The molecule has 0 aliphatic carbocycles. The third kappa shape index (κ3) is 4.69. The van der Waals surface area contributed by atoms with Crippen LogP contribution in [0.3, 0.4) is 0 Å². The molecule has 32 heavy (non-hydrogen) atoms. The van der Waals surface area contributed by atoms with Crippen LogP contribution in [0.1, 0.15) is 85.8 Å². The molecule has 0 radical (unpaired) electrons. The van der Waals surface area contributed by atoms with Gasteiger partial charge in [0.1, 0.15) is 0 Å². The Labute approximate surface area is 193 Å². The summed E-state index contributed by atoms with van der Waals surface area (Å²) in [7, 11) is -4.08. The fraction of sp³-hybridized carbons (Fsp3) is 0.556. The molecular weight excluding hydrogens is 417 g/mol. The Balaban J connectivity index is 2.41. The zero-order valence-electron chi connectivity index (χ0n) is 21.0. The first-order valence-electron chi connectivity index (χ1n) is 11.8. The van der Waals surface area contributed by atoms with Gasteiger partial charge >= 0.3 is 7.60 Å². The lowest BCUT2D eigenvalue weighted by Crippen LogP contribution is -2.33. The van der Waals surface area contributed by atoms with E-state index in [1.807, 2.05) is 0 Å². The summed E-state index contributed by atoms with van der Waals surface area (Å²) in [6, 6.07) is 13.5. The van der Waals surface area contributed by atoms with Gasteiger partial charge in [0.2, 0.25) is 0 Å². The molecular formula is C27H40NO3P. The highest BCUT2D eigenvalue weighted by molar-refractivity contribution is 7.51. The van der Waals surface area contributed by atoms with Crippen molar-refractivity contribution in [3.8, 4) is 0 Å². The highest BCUT2D eigenvalue weighted by atomic mass is 31.2. The van der Waals surface area contributed by atoms with E-state index in [1.165, 1.54) is 21.9 Å². The van der Waals surface area contributed by atoms with Crippen LogP contribution in [0.4, 0.5) is 0 Å². The average Bonchev–Trinajstić information content (AvgIpc) is 3.01. The molecule has 176 valence electrons. The third-order valence-corrected chi connectivity index (χ3v) is 7.96. The standard InChI is InChI=1S/C27H40NO3P/c1-9-27(10-2,15-16-32(29,30)31)28-23-13-11-19(25(3,4)5)17-21(23)22-18-20(26(6,7)8)12-14-24(22)28/h11-14,17-18H,9-10,15-16H2,1-8H3,(H2,29,30,31). The minimum atomic E-state index is -4.08. The van der Waals surface area contributed by atoms with Crippen molar-refractivity contribution in [2.75, 3.05) is 6.16 Å². The van der Waals surface area contributed by atoms with Crippen molar-refractivity contribution in [3.05, 3.63) is 47.5 Å². The van der Waals surface area contributed by atoms with E-state index in [0.717, 1.165) is 23.9 Å². The highest BCUT2D eigenvalue weighted by Crippen LogP contribution is 2.45. The summed E-state index contributed by atoms with van der Waals surface area (Å²) in [5.41, 5.74) is 4.60. The van der Waals surface area contributed by atoms with Gasteiger partial charge in [-0.3, -0.25) is 4.57 Å². The lowest BCUT2D eigenvalue weighted by atomic mass is 9.85. The minimum Gasteiger partial charge on any atom is -0.334 e. The Morgan fingerprint density at radius 3 is 1.50 bits per heavy atom. The first-order chi connectivity index (χ1) is 14.6. The maximum atomic E-state index is 11.8. The van der Waals surface area contributed by atoms with Crippen molar-refractivity contribution >= 4 is 29.4 Å². The van der Waals surface area contributed by atoms with E-state index in [4.69, 9.17) is 0 Å². The minimum absolute atomic E-state index is 0.0390. The quantitative estimate of drug-likeness (QED) is 0.377. The van der Waals surface area contributed by atoms with E-state index < -0.39 is 7.60 Å². The van der Waals surface area contributed by atoms with Crippen LogP contribution in [0.25, 0.3) is 21.8 Å². The second kappa shape index (κ2) is 8.31. The number of nitrogens with zero attached hydrogens (tertiary/aromatic N) is 1. The van der Waals surface area contributed by atoms with Crippen LogP contribution in [0.5, 0.6) is 0 Å².